The Bertz CT molecular complexity index is 854. The van der Waals surface area contributed by atoms with E-state index in [9.17, 15) is 4.39 Å². The van der Waals surface area contributed by atoms with E-state index >= 15 is 0 Å². The molecule has 4 nitrogen and oxygen atoms in total. The van der Waals surface area contributed by atoms with Crippen molar-refractivity contribution in [2.45, 2.75) is 26.1 Å². The highest BCUT2D eigenvalue weighted by Crippen LogP contribution is 2.38. The molecule has 1 aliphatic heterocycles. The van der Waals surface area contributed by atoms with E-state index in [4.69, 9.17) is 4.74 Å². The fraction of sp³-hybridized carbons (Fsp3) is 0.333. The molecule has 0 N–H and O–H groups in total. The van der Waals surface area contributed by atoms with E-state index in [1.807, 2.05) is 0 Å². The van der Waals surface area contributed by atoms with Crippen molar-refractivity contribution in [2.75, 3.05) is 18.0 Å². The van der Waals surface area contributed by atoms with Crippen LogP contribution in [0.25, 0.3) is 21.3 Å². The predicted molar refractivity (Wildman–Crippen MR) is 95.0 cm³/mol. The molecule has 0 saturated carbocycles. The molecule has 1 fully saturated rings. The standard InChI is InChI=1S/C18H18FN3OS/c1-11-7-22(8-12(2)23-11)17-16-15(9-24-18(16)21-10-20-17)13-3-5-14(19)6-4-13/h3-6,9-12H,7-8H2,1-2H3/t11-,12+. The molecular weight excluding hydrogens is 325 g/mol. The number of anilines is 1. The van der Waals surface area contributed by atoms with E-state index < -0.39 is 0 Å². The van der Waals surface area contributed by atoms with Gasteiger partial charge in [0.25, 0.3) is 0 Å². The molecule has 4 rings (SSSR count). The summed E-state index contributed by atoms with van der Waals surface area (Å²) in [4.78, 5) is 12.2. The quantitative estimate of drug-likeness (QED) is 0.702. The summed E-state index contributed by atoms with van der Waals surface area (Å²) in [6.07, 6.45) is 1.94. The van der Waals surface area contributed by atoms with E-state index in [0.717, 1.165) is 40.3 Å². The van der Waals surface area contributed by atoms with Crippen LogP contribution in [0, 0.1) is 5.82 Å². The van der Waals surface area contributed by atoms with Crippen molar-refractivity contribution in [3.63, 3.8) is 0 Å². The van der Waals surface area contributed by atoms with E-state index in [0.29, 0.717) is 0 Å². The lowest BCUT2D eigenvalue weighted by Gasteiger charge is -2.36. The summed E-state index contributed by atoms with van der Waals surface area (Å²) in [6.45, 7) is 5.76. The highest BCUT2D eigenvalue weighted by Gasteiger charge is 2.26. The largest absolute Gasteiger partial charge is 0.372 e. The Morgan fingerprint density at radius 1 is 1.12 bits per heavy atom. The highest BCUT2D eigenvalue weighted by molar-refractivity contribution is 7.17. The Morgan fingerprint density at radius 2 is 1.83 bits per heavy atom. The van der Waals surface area contributed by atoms with Gasteiger partial charge in [0.2, 0.25) is 0 Å². The summed E-state index contributed by atoms with van der Waals surface area (Å²) in [5.41, 5.74) is 2.03. The maximum atomic E-state index is 13.3. The average Bonchev–Trinajstić information content (AvgIpc) is 2.99. The zero-order chi connectivity index (χ0) is 16.7. The van der Waals surface area contributed by atoms with Crippen molar-refractivity contribution in [3.05, 3.63) is 41.8 Å². The van der Waals surface area contributed by atoms with Crippen LogP contribution >= 0.6 is 11.3 Å². The van der Waals surface area contributed by atoms with Crippen LogP contribution in [0.3, 0.4) is 0 Å². The van der Waals surface area contributed by atoms with Crippen molar-refractivity contribution < 1.29 is 9.13 Å². The van der Waals surface area contributed by atoms with Crippen LogP contribution in [0.1, 0.15) is 13.8 Å². The number of rotatable bonds is 2. The maximum Gasteiger partial charge on any atom is 0.141 e. The molecule has 0 spiro atoms. The molecule has 2 aromatic heterocycles. The third-order valence-electron chi connectivity index (χ3n) is 4.22. The SMILES string of the molecule is C[C@@H]1CN(c2ncnc3scc(-c4ccc(F)cc4)c23)C[C@H](C)O1. The third-order valence-corrected chi connectivity index (χ3v) is 5.11. The summed E-state index contributed by atoms with van der Waals surface area (Å²) >= 11 is 1.59. The molecule has 1 aromatic carbocycles. The van der Waals surface area contributed by atoms with Gasteiger partial charge in [0.1, 0.15) is 22.8 Å². The number of halogens is 1. The first-order valence-electron chi connectivity index (χ1n) is 8.00. The number of nitrogens with zero attached hydrogens (tertiary/aromatic N) is 3. The van der Waals surface area contributed by atoms with E-state index in [1.54, 1.807) is 29.8 Å². The Balaban J connectivity index is 1.84. The van der Waals surface area contributed by atoms with Gasteiger partial charge in [-0.15, -0.1) is 11.3 Å². The van der Waals surface area contributed by atoms with Gasteiger partial charge in [-0.25, -0.2) is 14.4 Å². The number of fused-ring (bicyclic) bond motifs is 1. The number of thiophene rings is 1. The molecule has 1 saturated heterocycles. The number of morpholine rings is 1. The summed E-state index contributed by atoms with van der Waals surface area (Å²) < 4.78 is 19.1. The third kappa shape index (κ3) is 2.76. The summed E-state index contributed by atoms with van der Waals surface area (Å²) in [7, 11) is 0. The smallest absolute Gasteiger partial charge is 0.141 e. The summed E-state index contributed by atoms with van der Waals surface area (Å²) in [6, 6.07) is 6.58. The van der Waals surface area contributed by atoms with Gasteiger partial charge in [0.15, 0.2) is 0 Å². The maximum absolute atomic E-state index is 13.3. The molecule has 3 aromatic rings. The number of hydrogen-bond donors (Lipinski definition) is 0. The van der Waals surface area contributed by atoms with Crippen molar-refractivity contribution in [1.82, 2.24) is 9.97 Å². The van der Waals surface area contributed by atoms with Crippen LogP contribution in [-0.2, 0) is 4.74 Å². The molecular formula is C18H18FN3OS. The van der Waals surface area contributed by atoms with Gasteiger partial charge in [-0.1, -0.05) is 12.1 Å². The molecule has 0 unspecified atom stereocenters. The molecule has 0 aliphatic carbocycles. The van der Waals surface area contributed by atoms with E-state index in [2.05, 4.69) is 34.1 Å². The summed E-state index contributed by atoms with van der Waals surface area (Å²) in [5, 5.41) is 3.11. The molecule has 0 amide bonds. The van der Waals surface area contributed by atoms with Gasteiger partial charge in [-0.05, 0) is 31.5 Å². The van der Waals surface area contributed by atoms with Crippen molar-refractivity contribution in [3.8, 4) is 11.1 Å². The van der Waals surface area contributed by atoms with Crippen LogP contribution < -0.4 is 4.90 Å². The lowest BCUT2D eigenvalue weighted by Crippen LogP contribution is -2.45. The van der Waals surface area contributed by atoms with Gasteiger partial charge >= 0.3 is 0 Å². The molecule has 2 atom stereocenters. The average molecular weight is 343 g/mol. The lowest BCUT2D eigenvalue weighted by molar-refractivity contribution is -0.00537. The topological polar surface area (TPSA) is 38.2 Å². The summed E-state index contributed by atoms with van der Waals surface area (Å²) in [5.74, 6) is 0.702. The fourth-order valence-corrected chi connectivity index (χ4v) is 4.20. The molecule has 24 heavy (non-hydrogen) atoms. The second-order valence-electron chi connectivity index (χ2n) is 6.20. The van der Waals surface area contributed by atoms with Gasteiger partial charge in [-0.3, -0.25) is 0 Å². The lowest BCUT2D eigenvalue weighted by atomic mass is 10.1. The van der Waals surface area contributed by atoms with Crippen molar-refractivity contribution in [2.24, 2.45) is 0 Å². The molecule has 3 heterocycles. The number of hydrogen-bond acceptors (Lipinski definition) is 5. The van der Waals surface area contributed by atoms with Crippen LogP contribution in [0.2, 0.25) is 0 Å². The van der Waals surface area contributed by atoms with Crippen molar-refractivity contribution in [1.29, 1.82) is 0 Å². The number of benzene rings is 1. The normalized spacial score (nSPS) is 21.4. The van der Waals surface area contributed by atoms with Crippen LogP contribution in [-0.4, -0.2) is 35.3 Å². The first-order valence-corrected chi connectivity index (χ1v) is 8.88. The Morgan fingerprint density at radius 3 is 2.54 bits per heavy atom. The van der Waals surface area contributed by atoms with Gasteiger partial charge in [0, 0.05) is 24.0 Å². The minimum atomic E-state index is -0.231. The van der Waals surface area contributed by atoms with Gasteiger partial charge < -0.3 is 9.64 Å². The van der Waals surface area contributed by atoms with E-state index in [-0.39, 0.29) is 18.0 Å². The van der Waals surface area contributed by atoms with Crippen LogP contribution in [0.5, 0.6) is 0 Å². The van der Waals surface area contributed by atoms with Gasteiger partial charge in [-0.2, -0.15) is 0 Å². The molecule has 0 bridgehead atoms. The number of aromatic nitrogens is 2. The molecule has 0 radical (unpaired) electrons. The van der Waals surface area contributed by atoms with Crippen molar-refractivity contribution >= 4 is 27.4 Å². The zero-order valence-corrected chi connectivity index (χ0v) is 14.4. The van der Waals surface area contributed by atoms with Gasteiger partial charge in [0.05, 0.1) is 17.6 Å². The van der Waals surface area contributed by atoms with E-state index in [1.165, 1.54) is 12.1 Å². The Kier molecular flexibility index (Phi) is 3.94. The molecule has 1 aliphatic rings. The first-order chi connectivity index (χ1) is 11.6. The zero-order valence-electron chi connectivity index (χ0n) is 13.6. The fourth-order valence-electron chi connectivity index (χ4n) is 3.29. The highest BCUT2D eigenvalue weighted by atomic mass is 32.1. The Hall–Kier alpha value is -2.05. The minimum absolute atomic E-state index is 0.159. The molecule has 6 heteroatoms. The number of ether oxygens (including phenoxy) is 1. The van der Waals surface area contributed by atoms with Crippen LogP contribution in [0.4, 0.5) is 10.2 Å². The second kappa shape index (κ2) is 6.11. The Labute approximate surface area is 143 Å². The molecule has 124 valence electrons. The monoisotopic (exact) mass is 343 g/mol. The minimum Gasteiger partial charge on any atom is -0.372 e. The first kappa shape index (κ1) is 15.5. The van der Waals surface area contributed by atoms with Crippen LogP contribution in [0.15, 0.2) is 36.0 Å². The predicted octanol–water partition coefficient (Wildman–Crippen LogP) is 4.11. The second-order valence-corrected chi connectivity index (χ2v) is 7.05.